The van der Waals surface area contributed by atoms with Crippen molar-refractivity contribution < 1.29 is 23.0 Å². The Bertz CT molecular complexity index is 1010. The number of halogens is 3. The highest BCUT2D eigenvalue weighted by Crippen LogP contribution is 2.42. The predicted molar refractivity (Wildman–Crippen MR) is 126 cm³/mol. The number of ether oxygens (including phenoxy) is 1. The molecule has 7 heteroatoms. The minimum atomic E-state index is -4.14. The van der Waals surface area contributed by atoms with Gasteiger partial charge in [0.25, 0.3) is 0 Å². The van der Waals surface area contributed by atoms with E-state index in [0.29, 0.717) is 13.1 Å². The molecule has 2 aromatic carbocycles. The molecule has 2 aromatic rings. The van der Waals surface area contributed by atoms with Gasteiger partial charge in [-0.1, -0.05) is 36.1 Å². The first-order chi connectivity index (χ1) is 16.4. The number of rotatable bonds is 5. The summed E-state index contributed by atoms with van der Waals surface area (Å²) in [5.41, 5.74) is 2.79. The van der Waals surface area contributed by atoms with E-state index < -0.39 is 12.6 Å². The molecule has 3 atom stereocenters. The number of aliphatic hydroxyl groups excluding tert-OH is 1. The number of hydrogen-bond acceptors (Lipinski definition) is 4. The maximum Gasteiger partial charge on any atom is 0.390 e. The van der Waals surface area contributed by atoms with Crippen LogP contribution in [-0.4, -0.2) is 73.1 Å². The van der Waals surface area contributed by atoms with Crippen molar-refractivity contribution in [3.8, 4) is 17.6 Å². The van der Waals surface area contributed by atoms with Crippen LogP contribution in [0.5, 0.6) is 5.75 Å². The molecule has 2 aliphatic heterocycles. The third-order valence-electron chi connectivity index (χ3n) is 6.91. The minimum Gasteiger partial charge on any atom is -0.495 e. The van der Waals surface area contributed by atoms with Gasteiger partial charge in [-0.15, -0.1) is 0 Å². The number of alkyl halides is 3. The van der Waals surface area contributed by atoms with Crippen LogP contribution in [0.15, 0.2) is 48.5 Å². The lowest BCUT2D eigenvalue weighted by atomic mass is 9.74. The first-order valence-electron chi connectivity index (χ1n) is 11.8. The van der Waals surface area contributed by atoms with Crippen molar-refractivity contribution in [3.63, 3.8) is 0 Å². The second-order valence-electron chi connectivity index (χ2n) is 9.03. The molecule has 0 spiro atoms. The number of para-hydroxylation sites is 1. The SMILES string of the molecule is COc1ccccc1C#Cc1ccc([C@H]2[C@@H](CO)N3CCCCN(CCC(F)(F)F)C[C@H]23)cc1. The second-order valence-corrected chi connectivity index (χ2v) is 9.03. The zero-order valence-electron chi connectivity index (χ0n) is 19.4. The van der Waals surface area contributed by atoms with Crippen LogP contribution in [0, 0.1) is 11.8 Å². The van der Waals surface area contributed by atoms with Gasteiger partial charge in [-0.25, -0.2) is 0 Å². The lowest BCUT2D eigenvalue weighted by Crippen LogP contribution is -2.67. The van der Waals surface area contributed by atoms with Gasteiger partial charge in [0.15, 0.2) is 0 Å². The summed E-state index contributed by atoms with van der Waals surface area (Å²) in [4.78, 5) is 4.22. The Morgan fingerprint density at radius 3 is 2.47 bits per heavy atom. The molecule has 1 N–H and O–H groups in total. The molecule has 2 heterocycles. The molecule has 0 saturated carbocycles. The van der Waals surface area contributed by atoms with Gasteiger partial charge in [-0.2, -0.15) is 13.2 Å². The molecule has 0 radical (unpaired) electrons. The standard InChI is InChI=1S/C27H31F3N2O2/c1-34-25-7-3-2-6-21(25)11-8-20-9-12-22(13-10-20)26-23-18-31(17-14-27(28,29)30)15-4-5-16-32(23)24(26)19-33/h2-3,6-7,9-10,12-13,23-24,26,33H,4-5,14-19H2,1H3/t23-,24-,26-/m1/s1. The van der Waals surface area contributed by atoms with Crippen LogP contribution in [0.3, 0.4) is 0 Å². The lowest BCUT2D eigenvalue weighted by molar-refractivity contribution is -0.140. The maximum absolute atomic E-state index is 12.8. The largest absolute Gasteiger partial charge is 0.495 e. The van der Waals surface area contributed by atoms with E-state index in [1.807, 2.05) is 53.4 Å². The van der Waals surface area contributed by atoms with Crippen LogP contribution in [0.2, 0.25) is 0 Å². The summed E-state index contributed by atoms with van der Waals surface area (Å²) in [5.74, 6) is 7.14. The maximum atomic E-state index is 12.8. The van der Waals surface area contributed by atoms with E-state index in [-0.39, 0.29) is 31.2 Å². The summed E-state index contributed by atoms with van der Waals surface area (Å²) in [6.07, 6.45) is -3.12. The quantitative estimate of drug-likeness (QED) is 0.660. The average molecular weight is 473 g/mol. The summed E-state index contributed by atoms with van der Waals surface area (Å²) in [6, 6.07) is 15.7. The van der Waals surface area contributed by atoms with E-state index in [1.54, 1.807) is 7.11 Å². The number of nitrogens with zero attached hydrogens (tertiary/aromatic N) is 2. The Kier molecular flexibility index (Phi) is 7.82. The highest BCUT2D eigenvalue weighted by atomic mass is 19.4. The first-order valence-corrected chi connectivity index (χ1v) is 11.8. The number of methoxy groups -OCH3 is 1. The topological polar surface area (TPSA) is 35.9 Å². The Balaban J connectivity index is 1.49. The van der Waals surface area contributed by atoms with Crippen LogP contribution in [0.4, 0.5) is 13.2 Å². The van der Waals surface area contributed by atoms with Gasteiger partial charge in [0.1, 0.15) is 5.75 Å². The van der Waals surface area contributed by atoms with E-state index in [4.69, 9.17) is 4.74 Å². The third-order valence-corrected chi connectivity index (χ3v) is 6.91. The van der Waals surface area contributed by atoms with Gasteiger partial charge in [-0.3, -0.25) is 4.90 Å². The van der Waals surface area contributed by atoms with Gasteiger partial charge in [0.2, 0.25) is 0 Å². The fourth-order valence-electron chi connectivity index (χ4n) is 5.18. The minimum absolute atomic E-state index is 0.00178. The fraction of sp³-hybridized carbons (Fsp3) is 0.481. The molecular weight excluding hydrogens is 441 g/mol. The second kappa shape index (κ2) is 10.8. The van der Waals surface area contributed by atoms with Crippen LogP contribution in [0.1, 0.15) is 41.9 Å². The Labute approximate surface area is 199 Å². The molecule has 4 nitrogen and oxygen atoms in total. The summed E-state index contributed by atoms with van der Waals surface area (Å²) in [6.45, 7) is 2.23. The molecule has 0 amide bonds. The molecule has 2 aliphatic rings. The molecule has 2 saturated heterocycles. The highest BCUT2D eigenvalue weighted by molar-refractivity contribution is 5.50. The predicted octanol–water partition coefficient (Wildman–Crippen LogP) is 4.27. The molecule has 0 aromatic heterocycles. The smallest absolute Gasteiger partial charge is 0.390 e. The monoisotopic (exact) mass is 472 g/mol. The molecule has 0 bridgehead atoms. The van der Waals surface area contributed by atoms with E-state index in [1.165, 1.54) is 0 Å². The number of aliphatic hydroxyl groups is 1. The van der Waals surface area contributed by atoms with Crippen LogP contribution in [0.25, 0.3) is 0 Å². The normalized spacial score (nSPS) is 23.6. The average Bonchev–Trinajstić information content (AvgIpc) is 2.81. The molecular formula is C27H31F3N2O2. The number of benzene rings is 2. The number of hydrogen-bond donors (Lipinski definition) is 1. The van der Waals surface area contributed by atoms with Crippen molar-refractivity contribution in [1.82, 2.24) is 9.80 Å². The van der Waals surface area contributed by atoms with Gasteiger partial charge >= 0.3 is 6.18 Å². The summed E-state index contributed by atoms with van der Waals surface area (Å²) in [5, 5.41) is 10.1. The van der Waals surface area contributed by atoms with Crippen LogP contribution < -0.4 is 4.74 Å². The van der Waals surface area contributed by atoms with E-state index >= 15 is 0 Å². The molecule has 34 heavy (non-hydrogen) atoms. The van der Waals surface area contributed by atoms with Gasteiger partial charge in [0.05, 0.1) is 25.7 Å². The molecule has 4 rings (SSSR count). The molecule has 182 valence electrons. The van der Waals surface area contributed by atoms with Crippen molar-refractivity contribution in [2.45, 2.75) is 43.4 Å². The van der Waals surface area contributed by atoms with Gasteiger partial charge < -0.3 is 14.7 Å². The Hall–Kier alpha value is -2.53. The molecule has 0 aliphatic carbocycles. The zero-order valence-corrected chi connectivity index (χ0v) is 19.4. The van der Waals surface area contributed by atoms with E-state index in [2.05, 4.69) is 16.7 Å². The first kappa shape index (κ1) is 24.6. The summed E-state index contributed by atoms with van der Waals surface area (Å²) >= 11 is 0. The third kappa shape index (κ3) is 5.75. The highest BCUT2D eigenvalue weighted by Gasteiger charge is 2.49. The van der Waals surface area contributed by atoms with E-state index in [0.717, 1.165) is 41.8 Å². The van der Waals surface area contributed by atoms with Crippen molar-refractivity contribution in [3.05, 3.63) is 65.2 Å². The van der Waals surface area contributed by atoms with Crippen LogP contribution >= 0.6 is 0 Å². The summed E-state index contributed by atoms with van der Waals surface area (Å²) in [7, 11) is 1.62. The van der Waals surface area contributed by atoms with Crippen molar-refractivity contribution in [2.24, 2.45) is 0 Å². The van der Waals surface area contributed by atoms with Crippen molar-refractivity contribution in [2.75, 3.05) is 39.9 Å². The zero-order chi connectivity index (χ0) is 24.1. The fourth-order valence-corrected chi connectivity index (χ4v) is 5.18. The Morgan fingerprint density at radius 2 is 1.76 bits per heavy atom. The number of fused-ring (bicyclic) bond motifs is 1. The van der Waals surface area contributed by atoms with Gasteiger partial charge in [-0.05, 0) is 55.8 Å². The summed E-state index contributed by atoms with van der Waals surface area (Å²) < 4.78 is 43.8. The van der Waals surface area contributed by atoms with Crippen molar-refractivity contribution in [1.29, 1.82) is 0 Å². The molecule has 2 fully saturated rings. The van der Waals surface area contributed by atoms with Crippen LogP contribution in [-0.2, 0) is 0 Å². The Morgan fingerprint density at radius 1 is 1.03 bits per heavy atom. The lowest BCUT2D eigenvalue weighted by Gasteiger charge is -2.57. The molecule has 0 unspecified atom stereocenters. The van der Waals surface area contributed by atoms with Gasteiger partial charge in [0, 0.05) is 36.7 Å². The van der Waals surface area contributed by atoms with E-state index in [9.17, 15) is 18.3 Å². The van der Waals surface area contributed by atoms with Crippen molar-refractivity contribution >= 4 is 0 Å².